The van der Waals surface area contributed by atoms with E-state index < -0.39 is 5.60 Å². The topological polar surface area (TPSA) is 41.5 Å². The third kappa shape index (κ3) is 5.33. The Morgan fingerprint density at radius 1 is 1.33 bits per heavy atom. The molecule has 1 saturated carbocycles. The molecule has 0 heterocycles. The summed E-state index contributed by atoms with van der Waals surface area (Å²) in [7, 11) is 0. The molecule has 1 aliphatic rings. The molecule has 0 atom stereocenters. The monoisotopic (exact) mass is 291 g/mol. The van der Waals surface area contributed by atoms with Gasteiger partial charge in [0.2, 0.25) is 0 Å². The molecule has 0 spiro atoms. The number of hydrogen-bond donors (Lipinski definition) is 2. The fourth-order valence-electron chi connectivity index (χ4n) is 2.88. The maximum Gasteiger partial charge on any atom is 0.119 e. The number of aliphatic hydroxyl groups is 1. The minimum Gasteiger partial charge on any atom is -0.494 e. The molecular formula is C18H29NO2. The molecule has 118 valence electrons. The molecule has 1 aliphatic carbocycles. The fraction of sp³-hybridized carbons (Fsp3) is 0.667. The Morgan fingerprint density at radius 2 is 2.10 bits per heavy atom. The van der Waals surface area contributed by atoms with Gasteiger partial charge in [-0.15, -0.1) is 0 Å². The molecule has 0 aromatic heterocycles. The van der Waals surface area contributed by atoms with E-state index in [-0.39, 0.29) is 0 Å². The van der Waals surface area contributed by atoms with E-state index in [1.54, 1.807) is 0 Å². The van der Waals surface area contributed by atoms with Gasteiger partial charge in [0.05, 0.1) is 12.2 Å². The van der Waals surface area contributed by atoms with Crippen molar-refractivity contribution in [3.8, 4) is 5.75 Å². The Balaban J connectivity index is 1.77. The van der Waals surface area contributed by atoms with Gasteiger partial charge in [-0.2, -0.15) is 0 Å². The lowest BCUT2D eigenvalue weighted by Gasteiger charge is -2.35. The van der Waals surface area contributed by atoms with Crippen LogP contribution in [-0.2, 0) is 6.54 Å². The average molecular weight is 291 g/mol. The molecule has 1 fully saturated rings. The Labute approximate surface area is 128 Å². The SMILES string of the molecule is CCCOc1cccc(CNCC2(O)CCC(C)CC2)c1. The minimum atomic E-state index is -0.511. The van der Waals surface area contributed by atoms with Gasteiger partial charge in [-0.3, -0.25) is 0 Å². The van der Waals surface area contributed by atoms with Crippen molar-refractivity contribution < 1.29 is 9.84 Å². The minimum absolute atomic E-state index is 0.511. The van der Waals surface area contributed by atoms with Crippen LogP contribution in [0, 0.1) is 5.92 Å². The molecule has 1 aromatic carbocycles. The van der Waals surface area contributed by atoms with Crippen molar-refractivity contribution in [1.29, 1.82) is 0 Å². The highest BCUT2D eigenvalue weighted by molar-refractivity contribution is 5.28. The predicted molar refractivity (Wildman–Crippen MR) is 86.5 cm³/mol. The molecule has 0 bridgehead atoms. The van der Waals surface area contributed by atoms with Gasteiger partial charge in [0.1, 0.15) is 5.75 Å². The number of nitrogens with one attached hydrogen (secondary N) is 1. The molecular weight excluding hydrogens is 262 g/mol. The van der Waals surface area contributed by atoms with E-state index in [1.807, 2.05) is 12.1 Å². The molecule has 2 rings (SSSR count). The zero-order chi connectivity index (χ0) is 15.1. The van der Waals surface area contributed by atoms with Gasteiger partial charge in [-0.1, -0.05) is 26.0 Å². The molecule has 0 unspecified atom stereocenters. The van der Waals surface area contributed by atoms with Crippen molar-refractivity contribution in [2.75, 3.05) is 13.2 Å². The molecule has 21 heavy (non-hydrogen) atoms. The highest BCUT2D eigenvalue weighted by Gasteiger charge is 2.31. The van der Waals surface area contributed by atoms with E-state index in [2.05, 4.69) is 31.3 Å². The van der Waals surface area contributed by atoms with Crippen molar-refractivity contribution >= 4 is 0 Å². The van der Waals surface area contributed by atoms with Crippen molar-refractivity contribution in [1.82, 2.24) is 5.32 Å². The second-order valence-electron chi connectivity index (χ2n) is 6.51. The van der Waals surface area contributed by atoms with E-state index >= 15 is 0 Å². The quantitative estimate of drug-likeness (QED) is 0.808. The lowest BCUT2D eigenvalue weighted by molar-refractivity contribution is -0.00630. The van der Waals surface area contributed by atoms with Crippen LogP contribution in [0.3, 0.4) is 0 Å². The first-order chi connectivity index (χ1) is 10.1. The number of ether oxygens (including phenoxy) is 1. The highest BCUT2D eigenvalue weighted by atomic mass is 16.5. The van der Waals surface area contributed by atoms with Crippen LogP contribution in [-0.4, -0.2) is 23.9 Å². The van der Waals surface area contributed by atoms with Crippen LogP contribution < -0.4 is 10.1 Å². The van der Waals surface area contributed by atoms with Crippen molar-refractivity contribution in [3.05, 3.63) is 29.8 Å². The van der Waals surface area contributed by atoms with Gasteiger partial charge >= 0.3 is 0 Å². The van der Waals surface area contributed by atoms with Crippen LogP contribution in [0.1, 0.15) is 51.5 Å². The summed E-state index contributed by atoms with van der Waals surface area (Å²) in [5.74, 6) is 1.69. The molecule has 3 heteroatoms. The molecule has 3 nitrogen and oxygen atoms in total. The second-order valence-corrected chi connectivity index (χ2v) is 6.51. The summed E-state index contributed by atoms with van der Waals surface area (Å²) in [4.78, 5) is 0. The van der Waals surface area contributed by atoms with Gasteiger partial charge in [-0.25, -0.2) is 0 Å². The first-order valence-corrected chi connectivity index (χ1v) is 8.26. The number of hydrogen-bond acceptors (Lipinski definition) is 3. The molecule has 2 N–H and O–H groups in total. The largest absolute Gasteiger partial charge is 0.494 e. The first-order valence-electron chi connectivity index (χ1n) is 8.26. The second kappa shape index (κ2) is 7.81. The maximum atomic E-state index is 10.6. The van der Waals surface area contributed by atoms with Crippen molar-refractivity contribution in [2.45, 2.75) is 58.1 Å². The molecule has 0 aliphatic heterocycles. The van der Waals surface area contributed by atoms with Gasteiger partial charge in [-0.05, 0) is 55.7 Å². The Kier molecular flexibility index (Phi) is 6.07. The van der Waals surface area contributed by atoms with Gasteiger partial charge in [0.15, 0.2) is 0 Å². The molecule has 0 saturated heterocycles. The Bertz CT molecular complexity index is 425. The predicted octanol–water partition coefficient (Wildman–Crippen LogP) is 3.51. The summed E-state index contributed by atoms with van der Waals surface area (Å²) in [5.41, 5.74) is 0.694. The third-order valence-electron chi connectivity index (χ3n) is 4.36. The van der Waals surface area contributed by atoms with E-state index in [1.165, 1.54) is 5.56 Å². The van der Waals surface area contributed by atoms with Crippen LogP contribution in [0.2, 0.25) is 0 Å². The standard InChI is InChI=1S/C18H29NO2/c1-3-11-21-17-6-4-5-16(12-17)13-19-14-18(20)9-7-15(2)8-10-18/h4-6,12,15,19-20H,3,7-11,13-14H2,1-2H3. The zero-order valence-electron chi connectivity index (χ0n) is 13.4. The lowest BCUT2D eigenvalue weighted by Crippen LogP contribution is -2.43. The number of benzene rings is 1. The van der Waals surface area contributed by atoms with Gasteiger partial charge in [0.25, 0.3) is 0 Å². The molecule has 1 aromatic rings. The summed E-state index contributed by atoms with van der Waals surface area (Å²) in [6.45, 7) is 6.60. The van der Waals surface area contributed by atoms with E-state index in [4.69, 9.17) is 4.74 Å². The molecule has 0 amide bonds. The van der Waals surface area contributed by atoms with Gasteiger partial charge < -0.3 is 15.2 Å². The molecule has 0 radical (unpaired) electrons. The van der Waals surface area contributed by atoms with E-state index in [0.29, 0.717) is 6.54 Å². The maximum absolute atomic E-state index is 10.6. The van der Waals surface area contributed by atoms with Crippen LogP contribution in [0.4, 0.5) is 0 Å². The van der Waals surface area contributed by atoms with E-state index in [9.17, 15) is 5.11 Å². The van der Waals surface area contributed by atoms with Crippen molar-refractivity contribution in [3.63, 3.8) is 0 Å². The lowest BCUT2D eigenvalue weighted by atomic mass is 9.79. The van der Waals surface area contributed by atoms with E-state index in [0.717, 1.165) is 56.9 Å². The van der Waals surface area contributed by atoms with Crippen molar-refractivity contribution in [2.24, 2.45) is 5.92 Å². The zero-order valence-corrected chi connectivity index (χ0v) is 13.4. The number of rotatable bonds is 7. The van der Waals surface area contributed by atoms with Crippen LogP contribution in [0.5, 0.6) is 5.75 Å². The van der Waals surface area contributed by atoms with Crippen LogP contribution in [0.25, 0.3) is 0 Å². The smallest absolute Gasteiger partial charge is 0.119 e. The fourth-order valence-corrected chi connectivity index (χ4v) is 2.88. The summed E-state index contributed by atoms with van der Waals surface area (Å²) in [6.07, 6.45) is 5.13. The average Bonchev–Trinajstić information content (AvgIpc) is 2.49. The summed E-state index contributed by atoms with van der Waals surface area (Å²) in [5, 5.41) is 14.0. The third-order valence-corrected chi connectivity index (χ3v) is 4.36. The van der Waals surface area contributed by atoms with Gasteiger partial charge in [0, 0.05) is 13.1 Å². The summed E-state index contributed by atoms with van der Waals surface area (Å²) < 4.78 is 5.65. The normalized spacial score (nSPS) is 25.8. The highest BCUT2D eigenvalue weighted by Crippen LogP contribution is 2.31. The summed E-state index contributed by atoms with van der Waals surface area (Å²) in [6, 6.07) is 8.20. The van der Waals surface area contributed by atoms with Crippen LogP contribution in [0.15, 0.2) is 24.3 Å². The van der Waals surface area contributed by atoms with Crippen LogP contribution >= 0.6 is 0 Å². The Morgan fingerprint density at radius 3 is 2.81 bits per heavy atom. The summed E-state index contributed by atoms with van der Waals surface area (Å²) >= 11 is 0. The first kappa shape index (κ1) is 16.3. The Hall–Kier alpha value is -1.06.